The third-order valence-corrected chi connectivity index (χ3v) is 3.44. The summed E-state index contributed by atoms with van der Waals surface area (Å²) < 4.78 is 0. The molecule has 1 rings (SSSR count). The molecule has 19 heavy (non-hydrogen) atoms. The second-order valence-electron chi connectivity index (χ2n) is 8.37. The van der Waals surface area contributed by atoms with Crippen LogP contribution in [0.15, 0.2) is 11.8 Å². The van der Waals surface area contributed by atoms with Gasteiger partial charge in [-0.1, -0.05) is 41.5 Å². The van der Waals surface area contributed by atoms with Gasteiger partial charge in [0.1, 0.15) is 0 Å². The van der Waals surface area contributed by atoms with Crippen LogP contribution in [0, 0.1) is 10.8 Å². The van der Waals surface area contributed by atoms with E-state index >= 15 is 0 Å². The van der Waals surface area contributed by atoms with Crippen LogP contribution < -0.4 is 5.32 Å². The number of carboxylic acid groups (broad SMARTS) is 1. The molecule has 3 nitrogen and oxygen atoms in total. The number of aliphatic carboxylic acids is 1. The van der Waals surface area contributed by atoms with Crippen molar-refractivity contribution in [2.45, 2.75) is 72.8 Å². The van der Waals surface area contributed by atoms with Gasteiger partial charge in [0.05, 0.1) is 5.57 Å². The van der Waals surface area contributed by atoms with Gasteiger partial charge in [0, 0.05) is 11.7 Å². The third kappa shape index (κ3) is 5.25. The monoisotopic (exact) mass is 267 g/mol. The Kier molecular flexibility index (Phi) is 4.38. The van der Waals surface area contributed by atoms with E-state index < -0.39 is 5.97 Å². The lowest BCUT2D eigenvalue weighted by Crippen LogP contribution is -2.50. The van der Waals surface area contributed by atoms with E-state index in [2.05, 4.69) is 46.9 Å². The van der Waals surface area contributed by atoms with Gasteiger partial charge < -0.3 is 10.4 Å². The van der Waals surface area contributed by atoms with Crippen molar-refractivity contribution < 1.29 is 9.90 Å². The molecule has 0 aliphatic carbocycles. The normalized spacial score (nSPS) is 19.6. The Hall–Kier alpha value is -0.990. The van der Waals surface area contributed by atoms with Crippen molar-refractivity contribution in [3.8, 4) is 0 Å². The van der Waals surface area contributed by atoms with Gasteiger partial charge in [0.2, 0.25) is 0 Å². The molecule has 0 saturated carbocycles. The molecule has 1 aliphatic rings. The van der Waals surface area contributed by atoms with Crippen LogP contribution in [-0.4, -0.2) is 16.6 Å². The number of carbonyl (C=O) groups is 1. The fourth-order valence-electron chi connectivity index (χ4n) is 3.30. The zero-order valence-electron chi connectivity index (χ0n) is 13.3. The summed E-state index contributed by atoms with van der Waals surface area (Å²) in [4.78, 5) is 11.0. The summed E-state index contributed by atoms with van der Waals surface area (Å²) in [5, 5.41) is 12.5. The standard InChI is InChI=1S/C16H29NO2/c1-14(2,3)10-16(11-15(4,5)6)8-7-12(9-17-16)13(18)19/h9,17H,7-8,10-11H2,1-6H3,(H,18,19). The SMILES string of the molecule is CC(C)(C)CC1(CC(C)(C)C)CCC(C(=O)O)=CN1. The molecular formula is C16H29NO2. The molecule has 0 aromatic carbocycles. The Morgan fingerprint density at radius 2 is 1.68 bits per heavy atom. The van der Waals surface area contributed by atoms with E-state index in [-0.39, 0.29) is 16.4 Å². The lowest BCUT2D eigenvalue weighted by atomic mass is 9.68. The topological polar surface area (TPSA) is 49.3 Å². The van der Waals surface area contributed by atoms with Crippen LogP contribution in [0.4, 0.5) is 0 Å². The summed E-state index contributed by atoms with van der Waals surface area (Å²) in [7, 11) is 0. The van der Waals surface area contributed by atoms with Crippen molar-refractivity contribution in [2.24, 2.45) is 10.8 Å². The second-order valence-corrected chi connectivity index (χ2v) is 8.37. The molecule has 0 amide bonds. The van der Waals surface area contributed by atoms with Gasteiger partial charge >= 0.3 is 5.97 Å². The molecule has 2 N–H and O–H groups in total. The summed E-state index contributed by atoms with van der Waals surface area (Å²) in [5.74, 6) is -0.799. The number of carboxylic acids is 1. The number of hydrogen-bond acceptors (Lipinski definition) is 2. The predicted molar refractivity (Wildman–Crippen MR) is 79.0 cm³/mol. The quantitative estimate of drug-likeness (QED) is 0.814. The Morgan fingerprint density at radius 3 is 1.95 bits per heavy atom. The zero-order valence-corrected chi connectivity index (χ0v) is 13.3. The Balaban J connectivity index is 2.94. The molecule has 0 spiro atoms. The molecule has 0 saturated heterocycles. The van der Waals surface area contributed by atoms with Gasteiger partial charge in [0.25, 0.3) is 0 Å². The summed E-state index contributed by atoms with van der Waals surface area (Å²) in [5.41, 5.74) is 0.980. The van der Waals surface area contributed by atoms with Crippen LogP contribution in [0.3, 0.4) is 0 Å². The van der Waals surface area contributed by atoms with Gasteiger partial charge in [-0.15, -0.1) is 0 Å². The first-order valence-electron chi connectivity index (χ1n) is 7.13. The highest BCUT2D eigenvalue weighted by atomic mass is 16.4. The molecule has 3 heteroatoms. The average Bonchev–Trinajstić information content (AvgIpc) is 2.11. The van der Waals surface area contributed by atoms with E-state index in [0.717, 1.165) is 19.3 Å². The summed E-state index contributed by atoms with van der Waals surface area (Å²) in [6.07, 6.45) is 5.40. The van der Waals surface area contributed by atoms with Crippen LogP contribution >= 0.6 is 0 Å². The molecule has 0 bridgehead atoms. The van der Waals surface area contributed by atoms with Gasteiger partial charge in [-0.05, 0) is 36.5 Å². The third-order valence-electron chi connectivity index (χ3n) is 3.44. The van der Waals surface area contributed by atoms with Crippen molar-refractivity contribution >= 4 is 5.97 Å². The van der Waals surface area contributed by atoms with Gasteiger partial charge in [-0.25, -0.2) is 4.79 Å². The van der Waals surface area contributed by atoms with E-state index in [0.29, 0.717) is 12.0 Å². The van der Waals surface area contributed by atoms with Crippen LogP contribution in [-0.2, 0) is 4.79 Å². The van der Waals surface area contributed by atoms with Crippen LogP contribution in [0.5, 0.6) is 0 Å². The van der Waals surface area contributed by atoms with Crippen LogP contribution in [0.2, 0.25) is 0 Å². The Morgan fingerprint density at radius 1 is 1.21 bits per heavy atom. The second kappa shape index (κ2) is 5.18. The first-order chi connectivity index (χ1) is 8.43. The molecule has 1 aliphatic heterocycles. The predicted octanol–water partition coefficient (Wildman–Crippen LogP) is 3.95. The molecule has 0 fully saturated rings. The zero-order chi connectivity index (χ0) is 14.9. The highest BCUT2D eigenvalue weighted by molar-refractivity contribution is 5.86. The lowest BCUT2D eigenvalue weighted by molar-refractivity contribution is -0.133. The molecule has 0 unspecified atom stereocenters. The fourth-order valence-corrected chi connectivity index (χ4v) is 3.30. The largest absolute Gasteiger partial charge is 0.478 e. The fraction of sp³-hybridized carbons (Fsp3) is 0.812. The van der Waals surface area contributed by atoms with E-state index in [1.807, 2.05) is 0 Å². The van der Waals surface area contributed by atoms with Gasteiger partial charge in [-0.3, -0.25) is 0 Å². The van der Waals surface area contributed by atoms with Crippen molar-refractivity contribution in [2.75, 3.05) is 0 Å². The minimum absolute atomic E-state index is 0.0233. The van der Waals surface area contributed by atoms with Crippen LogP contribution in [0.25, 0.3) is 0 Å². The highest BCUT2D eigenvalue weighted by Crippen LogP contribution is 2.41. The summed E-state index contributed by atoms with van der Waals surface area (Å²) in [6, 6.07) is 0. The minimum Gasteiger partial charge on any atom is -0.478 e. The maximum Gasteiger partial charge on any atom is 0.333 e. The Labute approximate surface area is 117 Å². The van der Waals surface area contributed by atoms with Crippen molar-refractivity contribution in [3.05, 3.63) is 11.8 Å². The van der Waals surface area contributed by atoms with Crippen molar-refractivity contribution in [1.82, 2.24) is 5.32 Å². The molecule has 110 valence electrons. The average molecular weight is 267 g/mol. The summed E-state index contributed by atoms with van der Waals surface area (Å²) in [6.45, 7) is 13.5. The van der Waals surface area contributed by atoms with E-state index in [9.17, 15) is 4.79 Å². The van der Waals surface area contributed by atoms with E-state index in [4.69, 9.17) is 5.11 Å². The maximum atomic E-state index is 11.0. The van der Waals surface area contributed by atoms with Gasteiger partial charge in [-0.2, -0.15) is 0 Å². The maximum absolute atomic E-state index is 11.0. The highest BCUT2D eigenvalue weighted by Gasteiger charge is 2.39. The molecule has 0 radical (unpaired) electrons. The number of nitrogens with one attached hydrogen (secondary N) is 1. The lowest BCUT2D eigenvalue weighted by Gasteiger charge is -2.45. The van der Waals surface area contributed by atoms with Crippen LogP contribution in [0.1, 0.15) is 67.2 Å². The smallest absolute Gasteiger partial charge is 0.333 e. The molecule has 0 aromatic heterocycles. The van der Waals surface area contributed by atoms with Crippen molar-refractivity contribution in [3.63, 3.8) is 0 Å². The van der Waals surface area contributed by atoms with E-state index in [1.165, 1.54) is 0 Å². The molecule has 1 heterocycles. The number of hydrogen-bond donors (Lipinski definition) is 2. The molecular weight excluding hydrogens is 238 g/mol. The van der Waals surface area contributed by atoms with E-state index in [1.54, 1.807) is 6.20 Å². The van der Waals surface area contributed by atoms with Gasteiger partial charge in [0.15, 0.2) is 0 Å². The molecule has 0 aromatic rings. The summed E-state index contributed by atoms with van der Waals surface area (Å²) >= 11 is 0. The first-order valence-corrected chi connectivity index (χ1v) is 7.13. The number of rotatable bonds is 3. The first kappa shape index (κ1) is 16.1. The minimum atomic E-state index is -0.799. The van der Waals surface area contributed by atoms with Crippen molar-refractivity contribution in [1.29, 1.82) is 0 Å². The molecule has 0 atom stereocenters. The Bertz CT molecular complexity index is 353.